The first-order valence-electron chi connectivity index (χ1n) is 6.75. The van der Waals surface area contributed by atoms with E-state index < -0.39 is 12.0 Å². The maximum atomic E-state index is 11.9. The van der Waals surface area contributed by atoms with Crippen molar-refractivity contribution in [2.24, 2.45) is 0 Å². The standard InChI is InChI=1S/C13H26N2O3S/c1-5-13(6-2,7-3)15-12(18)14-10(11(16)17)8-9-19-4/h10H,5-9H2,1-4H3,(H,16,17)(H2,14,15,18). The Hall–Kier alpha value is -0.910. The molecule has 5 nitrogen and oxygen atoms in total. The average Bonchev–Trinajstić information content (AvgIpc) is 2.40. The van der Waals surface area contributed by atoms with Crippen LogP contribution >= 0.6 is 11.8 Å². The SMILES string of the molecule is CCC(CC)(CC)NC(=O)NC(CCSC)C(=O)O. The number of amides is 2. The quantitative estimate of drug-likeness (QED) is 0.609. The van der Waals surface area contributed by atoms with Gasteiger partial charge in [-0.1, -0.05) is 20.8 Å². The van der Waals surface area contributed by atoms with Crippen LogP contribution in [0.2, 0.25) is 0 Å². The van der Waals surface area contributed by atoms with E-state index in [1.54, 1.807) is 11.8 Å². The maximum Gasteiger partial charge on any atom is 0.326 e. The molecular formula is C13H26N2O3S. The molecule has 0 saturated carbocycles. The summed E-state index contributed by atoms with van der Waals surface area (Å²) in [5.74, 6) is -0.281. The van der Waals surface area contributed by atoms with Gasteiger partial charge in [-0.15, -0.1) is 0 Å². The number of hydrogen-bond donors (Lipinski definition) is 3. The molecule has 0 aromatic carbocycles. The van der Waals surface area contributed by atoms with E-state index in [1.807, 2.05) is 27.0 Å². The molecule has 1 unspecified atom stereocenters. The molecule has 0 aromatic rings. The summed E-state index contributed by atoms with van der Waals surface area (Å²) in [7, 11) is 0. The van der Waals surface area contributed by atoms with Crippen LogP contribution in [0.3, 0.4) is 0 Å². The largest absolute Gasteiger partial charge is 0.480 e. The lowest BCUT2D eigenvalue weighted by molar-refractivity contribution is -0.139. The normalized spacial score (nSPS) is 12.8. The smallest absolute Gasteiger partial charge is 0.326 e. The van der Waals surface area contributed by atoms with E-state index in [0.717, 1.165) is 19.3 Å². The minimum absolute atomic E-state index is 0.243. The fourth-order valence-corrected chi connectivity index (χ4v) is 2.41. The van der Waals surface area contributed by atoms with Crippen LogP contribution in [0, 0.1) is 0 Å². The molecule has 1 atom stereocenters. The summed E-state index contributed by atoms with van der Waals surface area (Å²) < 4.78 is 0. The van der Waals surface area contributed by atoms with E-state index in [2.05, 4.69) is 10.6 Å². The van der Waals surface area contributed by atoms with E-state index in [1.165, 1.54) is 0 Å². The van der Waals surface area contributed by atoms with Gasteiger partial charge in [0.25, 0.3) is 0 Å². The second kappa shape index (κ2) is 9.07. The van der Waals surface area contributed by atoms with E-state index in [-0.39, 0.29) is 11.6 Å². The summed E-state index contributed by atoms with van der Waals surface area (Å²) in [6, 6.07) is -1.21. The van der Waals surface area contributed by atoms with Gasteiger partial charge >= 0.3 is 12.0 Å². The molecule has 0 saturated heterocycles. The first-order valence-corrected chi connectivity index (χ1v) is 8.14. The third-order valence-corrected chi connectivity index (χ3v) is 4.27. The lowest BCUT2D eigenvalue weighted by atomic mass is 9.90. The van der Waals surface area contributed by atoms with Gasteiger partial charge < -0.3 is 15.7 Å². The van der Waals surface area contributed by atoms with Gasteiger partial charge in [0, 0.05) is 5.54 Å². The number of hydrogen-bond acceptors (Lipinski definition) is 3. The molecule has 2 amide bonds. The van der Waals surface area contributed by atoms with Crippen molar-refractivity contribution in [3.63, 3.8) is 0 Å². The average molecular weight is 290 g/mol. The number of thioether (sulfide) groups is 1. The van der Waals surface area contributed by atoms with Crippen LogP contribution < -0.4 is 10.6 Å². The first kappa shape index (κ1) is 18.1. The molecule has 0 aliphatic rings. The highest BCUT2D eigenvalue weighted by atomic mass is 32.2. The van der Waals surface area contributed by atoms with Gasteiger partial charge in [0.1, 0.15) is 6.04 Å². The third kappa shape index (κ3) is 6.18. The molecular weight excluding hydrogens is 264 g/mol. The van der Waals surface area contributed by atoms with Crippen LogP contribution in [0.1, 0.15) is 46.5 Å². The zero-order valence-electron chi connectivity index (χ0n) is 12.3. The van der Waals surface area contributed by atoms with Crippen molar-refractivity contribution in [3.8, 4) is 0 Å². The molecule has 6 heteroatoms. The minimum Gasteiger partial charge on any atom is -0.480 e. The molecule has 0 heterocycles. The molecule has 0 fully saturated rings. The van der Waals surface area contributed by atoms with E-state index >= 15 is 0 Å². The summed E-state index contributed by atoms with van der Waals surface area (Å²) in [4.78, 5) is 23.0. The van der Waals surface area contributed by atoms with Crippen molar-refractivity contribution < 1.29 is 14.7 Å². The van der Waals surface area contributed by atoms with Crippen molar-refractivity contribution >= 4 is 23.8 Å². The zero-order valence-corrected chi connectivity index (χ0v) is 13.1. The monoisotopic (exact) mass is 290 g/mol. The Bertz CT molecular complexity index is 285. The molecule has 0 aliphatic carbocycles. The number of carboxylic acids is 1. The highest BCUT2D eigenvalue weighted by Gasteiger charge is 2.27. The van der Waals surface area contributed by atoms with Crippen LogP contribution in [-0.2, 0) is 4.79 Å². The van der Waals surface area contributed by atoms with Crippen molar-refractivity contribution in [3.05, 3.63) is 0 Å². The van der Waals surface area contributed by atoms with Gasteiger partial charge in [-0.05, 0) is 37.7 Å². The van der Waals surface area contributed by atoms with Crippen LogP contribution in [0.4, 0.5) is 4.79 Å². The summed E-state index contributed by atoms with van der Waals surface area (Å²) in [6.07, 6.45) is 4.83. The van der Waals surface area contributed by atoms with Gasteiger partial charge in [0.2, 0.25) is 0 Å². The molecule has 0 radical (unpaired) electrons. The molecule has 3 N–H and O–H groups in total. The van der Waals surface area contributed by atoms with E-state index in [0.29, 0.717) is 12.2 Å². The fourth-order valence-electron chi connectivity index (χ4n) is 1.94. The van der Waals surface area contributed by atoms with Crippen LogP contribution in [0.5, 0.6) is 0 Å². The van der Waals surface area contributed by atoms with Gasteiger partial charge in [-0.2, -0.15) is 11.8 Å². The lowest BCUT2D eigenvalue weighted by Gasteiger charge is -2.32. The Morgan fingerprint density at radius 1 is 1.21 bits per heavy atom. The lowest BCUT2D eigenvalue weighted by Crippen LogP contribution is -2.54. The van der Waals surface area contributed by atoms with Crippen molar-refractivity contribution in [1.82, 2.24) is 10.6 Å². The highest BCUT2D eigenvalue weighted by Crippen LogP contribution is 2.18. The maximum absolute atomic E-state index is 11.9. The van der Waals surface area contributed by atoms with E-state index in [9.17, 15) is 9.59 Å². The molecule has 0 aliphatic heterocycles. The molecule has 0 rings (SSSR count). The molecule has 0 spiro atoms. The van der Waals surface area contributed by atoms with Crippen LogP contribution in [0.15, 0.2) is 0 Å². The zero-order chi connectivity index (χ0) is 14.9. The Morgan fingerprint density at radius 3 is 2.11 bits per heavy atom. The van der Waals surface area contributed by atoms with Gasteiger partial charge in [0.15, 0.2) is 0 Å². The van der Waals surface area contributed by atoms with Crippen molar-refractivity contribution in [1.29, 1.82) is 0 Å². The number of rotatable bonds is 9. The highest BCUT2D eigenvalue weighted by molar-refractivity contribution is 7.98. The predicted molar refractivity (Wildman–Crippen MR) is 79.7 cm³/mol. The van der Waals surface area contributed by atoms with Gasteiger partial charge in [-0.3, -0.25) is 0 Å². The predicted octanol–water partition coefficient (Wildman–Crippen LogP) is 2.46. The summed E-state index contributed by atoms with van der Waals surface area (Å²) in [5, 5.41) is 14.5. The van der Waals surface area contributed by atoms with E-state index in [4.69, 9.17) is 5.11 Å². The van der Waals surface area contributed by atoms with Crippen molar-refractivity contribution in [2.45, 2.75) is 58.0 Å². The summed E-state index contributed by atoms with van der Waals surface area (Å²) in [5.41, 5.74) is -0.243. The Kier molecular flexibility index (Phi) is 8.63. The summed E-state index contributed by atoms with van der Waals surface area (Å²) in [6.45, 7) is 6.07. The minimum atomic E-state index is -0.987. The number of aliphatic carboxylic acids is 1. The number of carbonyl (C=O) groups is 2. The second-order valence-corrected chi connectivity index (χ2v) is 5.60. The van der Waals surface area contributed by atoms with Crippen LogP contribution in [-0.4, -0.2) is 40.7 Å². The summed E-state index contributed by atoms with van der Waals surface area (Å²) >= 11 is 1.57. The fraction of sp³-hybridized carbons (Fsp3) is 0.846. The Morgan fingerprint density at radius 2 is 1.74 bits per heavy atom. The van der Waals surface area contributed by atoms with Gasteiger partial charge in [-0.25, -0.2) is 9.59 Å². The molecule has 0 aromatic heterocycles. The number of carboxylic acid groups (broad SMARTS) is 1. The van der Waals surface area contributed by atoms with Crippen molar-refractivity contribution in [2.75, 3.05) is 12.0 Å². The molecule has 0 bridgehead atoms. The van der Waals surface area contributed by atoms with Gasteiger partial charge in [0.05, 0.1) is 0 Å². The first-order chi connectivity index (χ1) is 8.94. The number of carbonyl (C=O) groups excluding carboxylic acids is 1. The second-order valence-electron chi connectivity index (χ2n) is 4.61. The Labute approximate surface area is 119 Å². The number of nitrogens with one attached hydrogen (secondary N) is 2. The Balaban J connectivity index is 4.51. The topological polar surface area (TPSA) is 78.4 Å². The third-order valence-electron chi connectivity index (χ3n) is 3.62. The molecule has 112 valence electrons. The molecule has 19 heavy (non-hydrogen) atoms. The number of urea groups is 1. The van der Waals surface area contributed by atoms with Crippen LogP contribution in [0.25, 0.3) is 0 Å².